The predicted molar refractivity (Wildman–Crippen MR) is 106 cm³/mol. The van der Waals surface area contributed by atoms with Crippen LogP contribution in [0.1, 0.15) is 18.4 Å². The van der Waals surface area contributed by atoms with E-state index in [0.717, 1.165) is 37.6 Å². The zero-order valence-electron chi connectivity index (χ0n) is 16.0. The Morgan fingerprint density at radius 1 is 1.07 bits per heavy atom. The highest BCUT2D eigenvalue weighted by Gasteiger charge is 2.20. The Hall–Kier alpha value is -2.93. The molecular formula is C22H22F2N4O. The summed E-state index contributed by atoms with van der Waals surface area (Å²) in [5, 5.41) is 0. The number of nitrogens with zero attached hydrogens (tertiary/aromatic N) is 4. The first kappa shape index (κ1) is 19.4. The molecule has 1 aromatic carbocycles. The number of aromatic nitrogens is 3. The second kappa shape index (κ2) is 8.61. The number of halogens is 2. The SMILES string of the molecule is O=c1cc(-c2cccnc2)ncn1CC1CCN(Cc2cc(F)cc(F)c2)CC1. The van der Waals surface area contributed by atoms with Crippen LogP contribution in [0.3, 0.4) is 0 Å². The van der Waals surface area contributed by atoms with Crippen molar-refractivity contribution in [2.45, 2.75) is 25.9 Å². The van der Waals surface area contributed by atoms with Crippen LogP contribution in [-0.2, 0) is 13.1 Å². The van der Waals surface area contributed by atoms with Gasteiger partial charge in [0.2, 0.25) is 0 Å². The van der Waals surface area contributed by atoms with Crippen LogP contribution in [-0.4, -0.2) is 32.5 Å². The maximum absolute atomic E-state index is 13.4. The molecule has 0 aliphatic carbocycles. The molecule has 1 aliphatic rings. The molecule has 1 fully saturated rings. The molecule has 0 saturated carbocycles. The highest BCUT2D eigenvalue weighted by molar-refractivity contribution is 5.56. The summed E-state index contributed by atoms with van der Waals surface area (Å²) in [5.41, 5.74) is 2.01. The summed E-state index contributed by atoms with van der Waals surface area (Å²) >= 11 is 0. The van der Waals surface area contributed by atoms with E-state index in [1.807, 2.05) is 12.1 Å². The van der Waals surface area contributed by atoms with E-state index < -0.39 is 11.6 Å². The van der Waals surface area contributed by atoms with Crippen molar-refractivity contribution < 1.29 is 8.78 Å². The van der Waals surface area contributed by atoms with Crippen molar-refractivity contribution in [1.29, 1.82) is 0 Å². The van der Waals surface area contributed by atoms with E-state index >= 15 is 0 Å². The van der Waals surface area contributed by atoms with E-state index in [1.54, 1.807) is 29.4 Å². The molecule has 2 aromatic heterocycles. The molecule has 0 amide bonds. The van der Waals surface area contributed by atoms with Gasteiger partial charge in [0, 0.05) is 43.2 Å². The summed E-state index contributed by atoms with van der Waals surface area (Å²) in [6.07, 6.45) is 6.82. The Morgan fingerprint density at radius 2 is 1.83 bits per heavy atom. The van der Waals surface area contributed by atoms with Crippen LogP contribution in [0.5, 0.6) is 0 Å². The molecule has 7 heteroatoms. The maximum Gasteiger partial charge on any atom is 0.253 e. The lowest BCUT2D eigenvalue weighted by Gasteiger charge is -2.32. The molecule has 0 atom stereocenters. The van der Waals surface area contributed by atoms with Crippen LogP contribution in [0.15, 0.2) is 59.9 Å². The van der Waals surface area contributed by atoms with Crippen LogP contribution >= 0.6 is 0 Å². The normalized spacial score (nSPS) is 15.5. The largest absolute Gasteiger partial charge is 0.299 e. The topological polar surface area (TPSA) is 51.0 Å². The van der Waals surface area contributed by atoms with Crippen molar-refractivity contribution in [3.63, 3.8) is 0 Å². The van der Waals surface area contributed by atoms with Crippen molar-refractivity contribution in [3.8, 4) is 11.3 Å². The van der Waals surface area contributed by atoms with Gasteiger partial charge in [-0.05, 0) is 61.7 Å². The van der Waals surface area contributed by atoms with Gasteiger partial charge in [-0.25, -0.2) is 13.8 Å². The van der Waals surface area contributed by atoms with Crippen molar-refractivity contribution in [3.05, 3.63) is 82.7 Å². The second-order valence-corrected chi connectivity index (χ2v) is 7.50. The van der Waals surface area contributed by atoms with Crippen LogP contribution in [0, 0.1) is 17.6 Å². The summed E-state index contributed by atoms with van der Waals surface area (Å²) < 4.78 is 28.4. The number of hydrogen-bond acceptors (Lipinski definition) is 4. The molecule has 0 unspecified atom stereocenters. The van der Waals surface area contributed by atoms with Gasteiger partial charge in [0.1, 0.15) is 11.6 Å². The fourth-order valence-corrected chi connectivity index (χ4v) is 3.80. The molecule has 5 nitrogen and oxygen atoms in total. The van der Waals surface area contributed by atoms with Gasteiger partial charge >= 0.3 is 0 Å². The van der Waals surface area contributed by atoms with Crippen LogP contribution in [0.25, 0.3) is 11.3 Å². The molecule has 0 radical (unpaired) electrons. The van der Waals surface area contributed by atoms with Gasteiger partial charge in [-0.1, -0.05) is 0 Å². The van der Waals surface area contributed by atoms with Gasteiger partial charge in [0.05, 0.1) is 12.0 Å². The number of hydrogen-bond donors (Lipinski definition) is 0. The lowest BCUT2D eigenvalue weighted by Crippen LogP contribution is -2.36. The summed E-state index contributed by atoms with van der Waals surface area (Å²) in [6.45, 7) is 2.82. The Labute approximate surface area is 167 Å². The lowest BCUT2D eigenvalue weighted by molar-refractivity contribution is 0.166. The fraction of sp³-hybridized carbons (Fsp3) is 0.318. The number of rotatable bonds is 5. The third-order valence-corrected chi connectivity index (χ3v) is 5.33. The van der Waals surface area contributed by atoms with Gasteiger partial charge in [0.25, 0.3) is 5.56 Å². The van der Waals surface area contributed by atoms with E-state index in [2.05, 4.69) is 14.9 Å². The van der Waals surface area contributed by atoms with Gasteiger partial charge < -0.3 is 0 Å². The summed E-state index contributed by atoms with van der Waals surface area (Å²) in [7, 11) is 0. The molecule has 0 bridgehead atoms. The lowest BCUT2D eigenvalue weighted by atomic mass is 9.96. The molecule has 0 N–H and O–H groups in total. The predicted octanol–water partition coefficient (Wildman–Crippen LogP) is 3.50. The van der Waals surface area contributed by atoms with E-state index in [1.165, 1.54) is 12.1 Å². The van der Waals surface area contributed by atoms with Crippen molar-refractivity contribution in [2.75, 3.05) is 13.1 Å². The highest BCUT2D eigenvalue weighted by Crippen LogP contribution is 2.21. The van der Waals surface area contributed by atoms with Crippen LogP contribution in [0.4, 0.5) is 8.78 Å². The molecule has 1 saturated heterocycles. The summed E-state index contributed by atoms with van der Waals surface area (Å²) in [5.74, 6) is -0.716. The molecule has 3 heterocycles. The minimum absolute atomic E-state index is 0.0727. The van der Waals surface area contributed by atoms with Crippen molar-refractivity contribution >= 4 is 0 Å². The Kier molecular flexibility index (Phi) is 5.76. The molecule has 1 aliphatic heterocycles. The number of pyridine rings is 1. The van der Waals surface area contributed by atoms with Crippen molar-refractivity contribution in [1.82, 2.24) is 19.4 Å². The smallest absolute Gasteiger partial charge is 0.253 e. The minimum atomic E-state index is -0.545. The number of benzene rings is 1. The summed E-state index contributed by atoms with van der Waals surface area (Å²) in [6, 6.07) is 8.88. The molecule has 150 valence electrons. The minimum Gasteiger partial charge on any atom is -0.299 e. The monoisotopic (exact) mass is 396 g/mol. The average Bonchev–Trinajstić information content (AvgIpc) is 2.71. The third-order valence-electron chi connectivity index (χ3n) is 5.33. The van der Waals surface area contributed by atoms with Crippen LogP contribution in [0.2, 0.25) is 0 Å². The Morgan fingerprint density at radius 3 is 2.48 bits per heavy atom. The van der Waals surface area contributed by atoms with Gasteiger partial charge in [0.15, 0.2) is 0 Å². The third kappa shape index (κ3) is 4.92. The molecule has 29 heavy (non-hydrogen) atoms. The first-order valence-electron chi connectivity index (χ1n) is 9.71. The van der Waals surface area contributed by atoms with Gasteiger partial charge in [-0.15, -0.1) is 0 Å². The molecular weight excluding hydrogens is 374 g/mol. The van der Waals surface area contributed by atoms with Crippen molar-refractivity contribution in [2.24, 2.45) is 5.92 Å². The maximum atomic E-state index is 13.4. The zero-order chi connectivity index (χ0) is 20.2. The molecule has 4 rings (SSSR count). The van der Waals surface area contributed by atoms with E-state index in [9.17, 15) is 13.6 Å². The summed E-state index contributed by atoms with van der Waals surface area (Å²) in [4.78, 5) is 23.1. The van der Waals surface area contributed by atoms with Crippen LogP contribution < -0.4 is 5.56 Å². The van der Waals surface area contributed by atoms with Gasteiger partial charge in [-0.2, -0.15) is 0 Å². The molecule has 0 spiro atoms. The number of piperidine rings is 1. The van der Waals surface area contributed by atoms with E-state index in [-0.39, 0.29) is 5.56 Å². The standard InChI is InChI=1S/C22H22F2N4O/c23-19-8-17(9-20(24)10-19)13-27-6-3-16(4-7-27)14-28-15-26-21(11-22(28)29)18-2-1-5-25-12-18/h1-2,5,8-12,15-16H,3-4,6-7,13-14H2. The Bertz CT molecular complexity index is 1010. The first-order valence-corrected chi connectivity index (χ1v) is 9.71. The second-order valence-electron chi connectivity index (χ2n) is 7.50. The average molecular weight is 396 g/mol. The van der Waals surface area contributed by atoms with E-state index in [4.69, 9.17) is 0 Å². The zero-order valence-corrected chi connectivity index (χ0v) is 16.0. The molecule has 3 aromatic rings. The quantitative estimate of drug-likeness (QED) is 0.663. The van der Waals surface area contributed by atoms with E-state index in [0.29, 0.717) is 30.3 Å². The van der Waals surface area contributed by atoms with Gasteiger partial charge in [-0.3, -0.25) is 19.2 Å². The number of likely N-dealkylation sites (tertiary alicyclic amines) is 1. The Balaban J connectivity index is 1.34. The first-order chi connectivity index (χ1) is 14.1. The fourth-order valence-electron chi connectivity index (χ4n) is 3.80. The highest BCUT2D eigenvalue weighted by atomic mass is 19.1.